The number of pyridine rings is 1. The van der Waals surface area contributed by atoms with Crippen LogP contribution < -0.4 is 5.32 Å². The van der Waals surface area contributed by atoms with E-state index in [-0.39, 0.29) is 5.91 Å². The topological polar surface area (TPSA) is 59.8 Å². The van der Waals surface area contributed by atoms with E-state index in [0.29, 0.717) is 19.0 Å². The number of nitrogens with one attached hydrogen (secondary N) is 1. The van der Waals surface area contributed by atoms with Crippen molar-refractivity contribution in [1.82, 2.24) is 20.1 Å². The molecule has 0 aliphatic rings. The summed E-state index contributed by atoms with van der Waals surface area (Å²) < 4.78 is 1.89. The summed E-state index contributed by atoms with van der Waals surface area (Å²) in [6.07, 6.45) is 8.85. The zero-order valence-corrected chi connectivity index (χ0v) is 15.7. The maximum absolute atomic E-state index is 12.0. The summed E-state index contributed by atoms with van der Waals surface area (Å²) in [5, 5.41) is 7.61. The van der Waals surface area contributed by atoms with E-state index in [1.165, 1.54) is 5.56 Å². The van der Waals surface area contributed by atoms with Crippen LogP contribution in [0.3, 0.4) is 0 Å². The van der Waals surface area contributed by atoms with Gasteiger partial charge in [-0.25, -0.2) is 0 Å². The molecule has 138 valence electrons. The van der Waals surface area contributed by atoms with Gasteiger partial charge < -0.3 is 5.32 Å². The van der Waals surface area contributed by atoms with Gasteiger partial charge in [0.2, 0.25) is 5.91 Å². The first-order chi connectivity index (χ1) is 13.1. The third kappa shape index (κ3) is 5.38. The first-order valence-electron chi connectivity index (χ1n) is 9.09. The molecule has 3 aromatic rings. The summed E-state index contributed by atoms with van der Waals surface area (Å²) in [5.74, 6) is 0.318. The van der Waals surface area contributed by atoms with Crippen LogP contribution in [0.5, 0.6) is 0 Å². The van der Waals surface area contributed by atoms with E-state index in [4.69, 9.17) is 5.10 Å². The minimum atomic E-state index is -0.100. The second-order valence-corrected chi connectivity index (χ2v) is 6.83. The zero-order valence-electron chi connectivity index (χ0n) is 15.7. The van der Waals surface area contributed by atoms with Gasteiger partial charge in [0.05, 0.1) is 6.54 Å². The van der Waals surface area contributed by atoms with E-state index in [9.17, 15) is 4.79 Å². The normalized spacial score (nSPS) is 11.2. The van der Waals surface area contributed by atoms with Crippen LogP contribution >= 0.6 is 0 Å². The summed E-state index contributed by atoms with van der Waals surface area (Å²) >= 11 is 0. The van der Waals surface area contributed by atoms with Gasteiger partial charge in [0.15, 0.2) is 0 Å². The second kappa shape index (κ2) is 8.94. The van der Waals surface area contributed by atoms with E-state index in [1.54, 1.807) is 18.5 Å². The van der Waals surface area contributed by atoms with Crippen LogP contribution in [0.2, 0.25) is 0 Å². The molecular weight excluding hydrogens is 336 g/mol. The number of benzene rings is 1. The lowest BCUT2D eigenvalue weighted by molar-refractivity contribution is -0.116. The van der Waals surface area contributed by atoms with E-state index in [1.807, 2.05) is 47.3 Å². The molecule has 3 rings (SSSR count). The van der Waals surface area contributed by atoms with Crippen molar-refractivity contribution in [3.05, 3.63) is 78.3 Å². The fourth-order valence-corrected chi connectivity index (χ4v) is 2.67. The number of carbonyl (C=O) groups is 1. The van der Waals surface area contributed by atoms with Gasteiger partial charge in [0.25, 0.3) is 0 Å². The second-order valence-electron chi connectivity index (χ2n) is 6.83. The number of amides is 1. The molecular formula is C22H24N4O. The van der Waals surface area contributed by atoms with Crippen molar-refractivity contribution < 1.29 is 4.79 Å². The molecule has 0 radical (unpaired) electrons. The van der Waals surface area contributed by atoms with Crippen LogP contribution in [-0.2, 0) is 11.3 Å². The zero-order chi connectivity index (χ0) is 19.1. The fraction of sp³-hybridized carbons (Fsp3) is 0.227. The largest absolute Gasteiger partial charge is 0.352 e. The van der Waals surface area contributed by atoms with Crippen molar-refractivity contribution >= 4 is 12.0 Å². The molecule has 1 N–H and O–H groups in total. The highest BCUT2D eigenvalue weighted by atomic mass is 16.1. The Morgan fingerprint density at radius 3 is 2.70 bits per heavy atom. The van der Waals surface area contributed by atoms with Crippen LogP contribution in [0.1, 0.15) is 25.0 Å². The predicted molar refractivity (Wildman–Crippen MR) is 108 cm³/mol. The lowest BCUT2D eigenvalue weighted by atomic mass is 10.1. The summed E-state index contributed by atoms with van der Waals surface area (Å²) in [7, 11) is 0. The van der Waals surface area contributed by atoms with E-state index in [0.717, 1.165) is 16.8 Å². The van der Waals surface area contributed by atoms with Gasteiger partial charge >= 0.3 is 0 Å². The van der Waals surface area contributed by atoms with E-state index >= 15 is 0 Å². The molecule has 0 bridgehead atoms. The monoisotopic (exact) mass is 360 g/mol. The van der Waals surface area contributed by atoms with Gasteiger partial charge in [0, 0.05) is 42.3 Å². The maximum atomic E-state index is 12.0. The van der Waals surface area contributed by atoms with Crippen molar-refractivity contribution in [2.45, 2.75) is 20.4 Å². The summed E-state index contributed by atoms with van der Waals surface area (Å²) in [6.45, 7) is 5.46. The average molecular weight is 360 g/mol. The summed E-state index contributed by atoms with van der Waals surface area (Å²) in [4.78, 5) is 16.2. The van der Waals surface area contributed by atoms with Crippen LogP contribution in [0.15, 0.2) is 67.1 Å². The minimum Gasteiger partial charge on any atom is -0.352 e. The van der Waals surface area contributed by atoms with Crippen molar-refractivity contribution in [3.63, 3.8) is 0 Å². The number of carbonyl (C=O) groups excluding carboxylic acids is 1. The lowest BCUT2D eigenvalue weighted by Gasteiger charge is -2.04. The Labute approximate surface area is 159 Å². The van der Waals surface area contributed by atoms with Gasteiger partial charge in [0.1, 0.15) is 5.69 Å². The maximum Gasteiger partial charge on any atom is 0.244 e. The van der Waals surface area contributed by atoms with Crippen molar-refractivity contribution in [2.24, 2.45) is 5.92 Å². The molecule has 2 heterocycles. The molecule has 0 saturated carbocycles. The smallest absolute Gasteiger partial charge is 0.244 e. The Kier molecular flexibility index (Phi) is 6.15. The summed E-state index contributed by atoms with van der Waals surface area (Å²) in [6, 6.07) is 14.0. The highest BCUT2D eigenvalue weighted by Gasteiger charge is 2.10. The third-order valence-corrected chi connectivity index (χ3v) is 4.01. The van der Waals surface area contributed by atoms with Crippen LogP contribution in [0.4, 0.5) is 0 Å². The van der Waals surface area contributed by atoms with Gasteiger partial charge in [-0.2, -0.15) is 5.10 Å². The first kappa shape index (κ1) is 18.6. The highest BCUT2D eigenvalue weighted by molar-refractivity contribution is 5.92. The van der Waals surface area contributed by atoms with Gasteiger partial charge in [-0.1, -0.05) is 44.2 Å². The molecule has 0 spiro atoms. The molecule has 0 atom stereocenters. The van der Waals surface area contributed by atoms with Crippen LogP contribution in [-0.4, -0.2) is 27.2 Å². The Balaban J connectivity index is 1.85. The standard InChI is InChI=1S/C22H24N4O/c1-17(2)13-24-21(27)11-10-20-16-26(15-18-7-4-3-5-8-18)25-22(20)19-9-6-12-23-14-19/h3-12,14,16-17H,13,15H2,1-2H3,(H,24,27)/b11-10+. The predicted octanol–water partition coefficient (Wildman–Crippen LogP) is 3.78. The van der Waals surface area contributed by atoms with Crippen molar-refractivity contribution in [2.75, 3.05) is 6.54 Å². The van der Waals surface area contributed by atoms with Crippen molar-refractivity contribution in [1.29, 1.82) is 0 Å². The third-order valence-electron chi connectivity index (χ3n) is 4.01. The lowest BCUT2D eigenvalue weighted by Crippen LogP contribution is -2.25. The molecule has 0 aliphatic heterocycles. The van der Waals surface area contributed by atoms with Crippen LogP contribution in [0, 0.1) is 5.92 Å². The van der Waals surface area contributed by atoms with Crippen molar-refractivity contribution in [3.8, 4) is 11.3 Å². The van der Waals surface area contributed by atoms with Crippen LogP contribution in [0.25, 0.3) is 17.3 Å². The van der Waals surface area contributed by atoms with Gasteiger partial charge in [-0.15, -0.1) is 0 Å². The van der Waals surface area contributed by atoms with Gasteiger partial charge in [-0.05, 0) is 29.7 Å². The molecule has 5 nitrogen and oxygen atoms in total. The Morgan fingerprint density at radius 1 is 1.19 bits per heavy atom. The molecule has 1 amide bonds. The molecule has 1 aromatic carbocycles. The molecule has 0 aliphatic carbocycles. The number of hydrogen-bond acceptors (Lipinski definition) is 3. The molecule has 0 saturated heterocycles. The Morgan fingerprint density at radius 2 is 2.00 bits per heavy atom. The highest BCUT2D eigenvalue weighted by Crippen LogP contribution is 2.23. The molecule has 2 aromatic heterocycles. The molecule has 0 fully saturated rings. The number of hydrogen-bond donors (Lipinski definition) is 1. The van der Waals surface area contributed by atoms with E-state index < -0.39 is 0 Å². The molecule has 27 heavy (non-hydrogen) atoms. The Hall–Kier alpha value is -3.21. The fourth-order valence-electron chi connectivity index (χ4n) is 2.67. The number of rotatable bonds is 7. The number of aromatic nitrogens is 3. The average Bonchev–Trinajstić information content (AvgIpc) is 3.09. The van der Waals surface area contributed by atoms with Gasteiger partial charge in [-0.3, -0.25) is 14.5 Å². The molecule has 5 heteroatoms. The number of nitrogens with zero attached hydrogens (tertiary/aromatic N) is 3. The quantitative estimate of drug-likeness (QED) is 0.652. The minimum absolute atomic E-state index is 0.100. The molecule has 0 unspecified atom stereocenters. The first-order valence-corrected chi connectivity index (χ1v) is 9.09. The Bertz CT molecular complexity index is 899. The SMILES string of the molecule is CC(C)CNC(=O)/C=C/c1cn(Cc2ccccc2)nc1-c1cccnc1. The van der Waals surface area contributed by atoms with E-state index in [2.05, 4.69) is 36.3 Å². The summed E-state index contributed by atoms with van der Waals surface area (Å²) in [5.41, 5.74) is 3.79.